The molecular formula is C25H30N4O5. The number of nitrogens with one attached hydrogen (secondary N) is 1. The second-order valence-electron chi connectivity index (χ2n) is 8.66. The van der Waals surface area contributed by atoms with Crippen molar-refractivity contribution in [1.82, 2.24) is 5.32 Å². The number of benzene rings is 2. The van der Waals surface area contributed by atoms with Crippen LogP contribution < -0.4 is 5.32 Å². The first-order valence-electron chi connectivity index (χ1n) is 11.5. The summed E-state index contributed by atoms with van der Waals surface area (Å²) in [5, 5.41) is 6.87. The fourth-order valence-electron chi connectivity index (χ4n) is 4.31. The van der Waals surface area contributed by atoms with Gasteiger partial charge in [-0.05, 0) is 31.4 Å². The summed E-state index contributed by atoms with van der Waals surface area (Å²) in [4.78, 5) is 15.8. The van der Waals surface area contributed by atoms with Crippen molar-refractivity contribution >= 4 is 5.91 Å². The molecule has 2 heterocycles. The normalized spacial score (nSPS) is 28.1. The van der Waals surface area contributed by atoms with Crippen LogP contribution >= 0.6 is 0 Å². The van der Waals surface area contributed by atoms with Crippen molar-refractivity contribution in [1.29, 1.82) is 0 Å². The number of fused-ring (bicyclic) bond motifs is 1. The quantitative estimate of drug-likeness (QED) is 0.362. The fraction of sp³-hybridized carbons (Fsp3) is 0.480. The van der Waals surface area contributed by atoms with Gasteiger partial charge in [0.15, 0.2) is 6.29 Å². The largest absolute Gasteiger partial charge is 0.372 e. The first-order valence-corrected chi connectivity index (χ1v) is 11.5. The maximum Gasteiger partial charge on any atom is 0.249 e. The maximum absolute atomic E-state index is 12.9. The Balaban J connectivity index is 1.43. The van der Waals surface area contributed by atoms with E-state index >= 15 is 0 Å². The van der Waals surface area contributed by atoms with Gasteiger partial charge in [-0.1, -0.05) is 65.8 Å². The highest BCUT2D eigenvalue weighted by atomic mass is 16.7. The third-order valence-corrected chi connectivity index (χ3v) is 6.02. The molecular weight excluding hydrogens is 436 g/mol. The van der Waals surface area contributed by atoms with Crippen molar-refractivity contribution in [2.24, 2.45) is 5.11 Å². The maximum atomic E-state index is 12.9. The Hall–Kier alpha value is -2.94. The van der Waals surface area contributed by atoms with Crippen molar-refractivity contribution in [3.05, 3.63) is 82.2 Å². The Morgan fingerprint density at radius 2 is 1.82 bits per heavy atom. The second kappa shape index (κ2) is 11.5. The zero-order chi connectivity index (χ0) is 23.9. The molecule has 2 aliphatic rings. The fourth-order valence-corrected chi connectivity index (χ4v) is 4.31. The molecule has 2 aromatic rings. The van der Waals surface area contributed by atoms with Crippen molar-refractivity contribution in [3.63, 3.8) is 0 Å². The molecule has 0 bridgehead atoms. The summed E-state index contributed by atoms with van der Waals surface area (Å²) < 4.78 is 24.1. The van der Waals surface area contributed by atoms with Crippen LogP contribution in [0.4, 0.5) is 0 Å². The minimum atomic E-state index is -0.778. The molecule has 2 fully saturated rings. The molecule has 1 amide bonds. The number of nitrogens with zero attached hydrogens (tertiary/aromatic N) is 3. The van der Waals surface area contributed by atoms with E-state index in [2.05, 4.69) is 15.3 Å². The molecule has 9 heteroatoms. The third-order valence-electron chi connectivity index (χ3n) is 6.02. The molecule has 2 aliphatic heterocycles. The summed E-state index contributed by atoms with van der Waals surface area (Å²) in [6.07, 6.45) is -2.27. The van der Waals surface area contributed by atoms with Gasteiger partial charge in [-0.2, -0.15) is 0 Å². The van der Waals surface area contributed by atoms with Gasteiger partial charge in [0, 0.05) is 16.5 Å². The summed E-state index contributed by atoms with van der Waals surface area (Å²) in [5.74, 6) is -0.238. The molecule has 9 nitrogen and oxygen atoms in total. The van der Waals surface area contributed by atoms with Gasteiger partial charge in [0.05, 0.1) is 25.4 Å². The molecule has 3 unspecified atom stereocenters. The van der Waals surface area contributed by atoms with Crippen LogP contribution in [0, 0.1) is 0 Å². The number of azide groups is 1. The van der Waals surface area contributed by atoms with E-state index in [-0.39, 0.29) is 24.7 Å². The van der Waals surface area contributed by atoms with E-state index in [1.807, 2.05) is 67.6 Å². The standard InChI is InChI=1S/C25H30N4O5/c1-16(13-18-9-5-3-6-10-18)27-24(30)17(2)33-22-20(28-29-26)14-31-21-15-32-25(34-23(21)22)19-11-7-4-8-12-19/h3-12,16-17,20-23,25H,13-15H2,1-2H3,(H,27,30)/t16-,17+,20-,21?,22?,23+,25?/m0/s1. The van der Waals surface area contributed by atoms with Gasteiger partial charge < -0.3 is 24.3 Å². The lowest BCUT2D eigenvalue weighted by Crippen LogP contribution is -2.60. The summed E-state index contributed by atoms with van der Waals surface area (Å²) >= 11 is 0. The SMILES string of the molecule is C[C@@H](Cc1ccccc1)NC(=O)[C@@H](C)OC1[C@@H]2OC(c3ccccc3)OCC2OC[C@@H]1N=[N+]=[N-]. The van der Waals surface area contributed by atoms with Crippen LogP contribution in [0.5, 0.6) is 0 Å². The lowest BCUT2D eigenvalue weighted by Gasteiger charge is -2.45. The number of carbonyl (C=O) groups excluding carboxylic acids is 1. The summed E-state index contributed by atoms with van der Waals surface area (Å²) in [5.41, 5.74) is 11.1. The molecule has 0 aliphatic carbocycles. The van der Waals surface area contributed by atoms with E-state index in [4.69, 9.17) is 24.5 Å². The van der Waals surface area contributed by atoms with Crippen LogP contribution in [-0.2, 0) is 30.2 Å². The average molecular weight is 467 g/mol. The molecule has 34 heavy (non-hydrogen) atoms. The van der Waals surface area contributed by atoms with Gasteiger partial charge in [0.1, 0.15) is 18.3 Å². The summed E-state index contributed by atoms with van der Waals surface area (Å²) in [6.45, 7) is 4.12. The van der Waals surface area contributed by atoms with Crippen molar-refractivity contribution in [3.8, 4) is 0 Å². The molecule has 0 radical (unpaired) electrons. The van der Waals surface area contributed by atoms with Crippen LogP contribution in [0.1, 0.15) is 31.3 Å². The number of ether oxygens (including phenoxy) is 4. The number of hydrogen-bond donors (Lipinski definition) is 1. The van der Waals surface area contributed by atoms with Gasteiger partial charge in [-0.25, -0.2) is 0 Å². The minimum absolute atomic E-state index is 0.0712. The number of hydrogen-bond acceptors (Lipinski definition) is 6. The lowest BCUT2D eigenvalue weighted by atomic mass is 9.97. The Bertz CT molecular complexity index is 985. The topological polar surface area (TPSA) is 115 Å². The minimum Gasteiger partial charge on any atom is -0.372 e. The van der Waals surface area contributed by atoms with E-state index in [1.165, 1.54) is 0 Å². The summed E-state index contributed by atoms with van der Waals surface area (Å²) in [6, 6.07) is 18.8. The van der Waals surface area contributed by atoms with Gasteiger partial charge in [-0.15, -0.1) is 0 Å². The van der Waals surface area contributed by atoms with E-state index in [1.54, 1.807) is 6.92 Å². The first kappa shape index (κ1) is 24.2. The predicted molar refractivity (Wildman–Crippen MR) is 125 cm³/mol. The number of amides is 1. The molecule has 180 valence electrons. The lowest BCUT2D eigenvalue weighted by molar-refractivity contribution is -0.308. The Morgan fingerprint density at radius 3 is 2.53 bits per heavy atom. The van der Waals surface area contributed by atoms with E-state index in [0.29, 0.717) is 13.0 Å². The molecule has 4 rings (SSSR count). The predicted octanol–water partition coefficient (Wildman–Crippen LogP) is 3.70. The van der Waals surface area contributed by atoms with Crippen LogP contribution in [-0.4, -0.2) is 55.6 Å². The van der Waals surface area contributed by atoms with E-state index in [9.17, 15) is 4.79 Å². The van der Waals surface area contributed by atoms with Crippen molar-refractivity contribution in [2.45, 2.75) is 63.1 Å². The molecule has 1 N–H and O–H groups in total. The molecule has 0 aromatic heterocycles. The Kier molecular flexibility index (Phi) is 8.16. The Morgan fingerprint density at radius 1 is 1.12 bits per heavy atom. The zero-order valence-corrected chi connectivity index (χ0v) is 19.3. The highest BCUT2D eigenvalue weighted by molar-refractivity contribution is 5.80. The monoisotopic (exact) mass is 466 g/mol. The molecule has 7 atom stereocenters. The zero-order valence-electron chi connectivity index (χ0n) is 19.3. The van der Waals surface area contributed by atoms with E-state index in [0.717, 1.165) is 11.1 Å². The number of carbonyl (C=O) groups is 1. The van der Waals surface area contributed by atoms with Gasteiger partial charge in [0.25, 0.3) is 0 Å². The van der Waals surface area contributed by atoms with Crippen molar-refractivity contribution < 1.29 is 23.7 Å². The van der Waals surface area contributed by atoms with Crippen molar-refractivity contribution in [2.75, 3.05) is 13.2 Å². The average Bonchev–Trinajstić information content (AvgIpc) is 2.86. The highest BCUT2D eigenvalue weighted by Gasteiger charge is 2.47. The number of rotatable bonds is 8. The second-order valence-corrected chi connectivity index (χ2v) is 8.66. The Labute approximate surface area is 199 Å². The first-order chi connectivity index (χ1) is 16.5. The smallest absolute Gasteiger partial charge is 0.249 e. The van der Waals surface area contributed by atoms with Gasteiger partial charge >= 0.3 is 0 Å². The third kappa shape index (κ3) is 5.94. The highest BCUT2D eigenvalue weighted by Crippen LogP contribution is 2.34. The van der Waals surface area contributed by atoms with Gasteiger partial charge in [0.2, 0.25) is 5.91 Å². The molecule has 0 saturated carbocycles. The van der Waals surface area contributed by atoms with Crippen LogP contribution in [0.25, 0.3) is 10.4 Å². The molecule has 0 spiro atoms. The molecule has 2 saturated heterocycles. The van der Waals surface area contributed by atoms with Gasteiger partial charge in [-0.3, -0.25) is 4.79 Å². The van der Waals surface area contributed by atoms with E-state index < -0.39 is 30.6 Å². The van der Waals surface area contributed by atoms with Crippen LogP contribution in [0.2, 0.25) is 0 Å². The van der Waals surface area contributed by atoms with Crippen LogP contribution in [0.15, 0.2) is 65.8 Å². The molecule has 2 aromatic carbocycles. The van der Waals surface area contributed by atoms with Crippen LogP contribution in [0.3, 0.4) is 0 Å². The summed E-state index contributed by atoms with van der Waals surface area (Å²) in [7, 11) is 0.